The molecule has 8 heteroatoms. The second-order valence-electron chi connectivity index (χ2n) is 8.03. The third kappa shape index (κ3) is 12.6. The zero-order chi connectivity index (χ0) is 21.4. The zero-order valence-electron chi connectivity index (χ0n) is 19.7. The number of piperazine rings is 1. The Balaban J connectivity index is 0.00000480. The quantitative estimate of drug-likeness (QED) is 0.171. The van der Waals surface area contributed by atoms with Crippen LogP contribution < -0.4 is 10.6 Å². The molecule has 2 rings (SSSR count). The number of guanidine groups is 1. The van der Waals surface area contributed by atoms with E-state index in [-0.39, 0.29) is 24.0 Å². The van der Waals surface area contributed by atoms with Gasteiger partial charge in [0.1, 0.15) is 0 Å². The summed E-state index contributed by atoms with van der Waals surface area (Å²) >= 11 is 0. The van der Waals surface area contributed by atoms with Gasteiger partial charge < -0.3 is 25.2 Å². The summed E-state index contributed by atoms with van der Waals surface area (Å²) in [5, 5.41) is 6.84. The summed E-state index contributed by atoms with van der Waals surface area (Å²) in [6.45, 7) is 11.6. The van der Waals surface area contributed by atoms with Crippen molar-refractivity contribution in [3.8, 4) is 0 Å². The lowest BCUT2D eigenvalue weighted by atomic mass is 10.2. The largest absolute Gasteiger partial charge is 0.385 e. The number of hydrogen-bond acceptors (Lipinski definition) is 5. The highest BCUT2D eigenvalue weighted by Crippen LogP contribution is 2.08. The lowest BCUT2D eigenvalue weighted by Gasteiger charge is -2.34. The van der Waals surface area contributed by atoms with Crippen LogP contribution in [0.3, 0.4) is 0 Å². The van der Waals surface area contributed by atoms with E-state index >= 15 is 0 Å². The van der Waals surface area contributed by atoms with Crippen molar-refractivity contribution in [2.45, 2.75) is 19.4 Å². The fraction of sp³-hybridized carbons (Fsp3) is 0.696. The fourth-order valence-electron chi connectivity index (χ4n) is 3.70. The molecule has 0 radical (unpaired) electrons. The number of halogens is 1. The second-order valence-corrected chi connectivity index (χ2v) is 8.03. The molecule has 1 heterocycles. The van der Waals surface area contributed by atoms with E-state index in [0.29, 0.717) is 0 Å². The van der Waals surface area contributed by atoms with Crippen molar-refractivity contribution in [1.82, 2.24) is 25.3 Å². The van der Waals surface area contributed by atoms with Gasteiger partial charge in [0.15, 0.2) is 5.96 Å². The summed E-state index contributed by atoms with van der Waals surface area (Å²) in [7, 11) is 5.74. The number of ether oxygens (including phenoxy) is 1. The van der Waals surface area contributed by atoms with Crippen LogP contribution in [0.15, 0.2) is 35.3 Å². The average Bonchev–Trinajstić information content (AvgIpc) is 2.77. The molecular weight excluding hydrogens is 503 g/mol. The lowest BCUT2D eigenvalue weighted by Crippen LogP contribution is -2.47. The van der Waals surface area contributed by atoms with E-state index in [0.717, 1.165) is 90.9 Å². The van der Waals surface area contributed by atoms with E-state index in [1.807, 2.05) is 7.05 Å². The Kier molecular flexibility index (Phi) is 15.9. The smallest absolute Gasteiger partial charge is 0.191 e. The van der Waals surface area contributed by atoms with Gasteiger partial charge in [0, 0.05) is 79.7 Å². The van der Waals surface area contributed by atoms with E-state index < -0.39 is 0 Å². The molecule has 1 fully saturated rings. The SMILES string of the molecule is CN=C(NCCCN1CCN(Cc2ccccc2)CC1)NCCN(C)CCCOC.I. The molecule has 7 nitrogen and oxygen atoms in total. The number of rotatable bonds is 13. The van der Waals surface area contributed by atoms with E-state index in [1.165, 1.54) is 5.56 Å². The number of nitrogens with zero attached hydrogens (tertiary/aromatic N) is 4. The van der Waals surface area contributed by atoms with Gasteiger partial charge in [-0.1, -0.05) is 30.3 Å². The van der Waals surface area contributed by atoms with E-state index in [4.69, 9.17) is 4.74 Å². The monoisotopic (exact) mass is 546 g/mol. The Hall–Kier alpha value is -0.940. The minimum absolute atomic E-state index is 0. The first-order valence-electron chi connectivity index (χ1n) is 11.3. The number of aliphatic imine (C=N–C) groups is 1. The first-order valence-corrected chi connectivity index (χ1v) is 11.3. The summed E-state index contributed by atoms with van der Waals surface area (Å²) in [6, 6.07) is 10.8. The van der Waals surface area contributed by atoms with Crippen LogP contribution in [0.5, 0.6) is 0 Å². The third-order valence-corrected chi connectivity index (χ3v) is 5.56. The van der Waals surface area contributed by atoms with E-state index in [1.54, 1.807) is 7.11 Å². The van der Waals surface area contributed by atoms with Crippen molar-refractivity contribution >= 4 is 29.9 Å². The molecule has 31 heavy (non-hydrogen) atoms. The van der Waals surface area contributed by atoms with E-state index in [9.17, 15) is 0 Å². The van der Waals surface area contributed by atoms with Gasteiger partial charge in [0.05, 0.1) is 0 Å². The second kappa shape index (κ2) is 17.6. The molecule has 2 N–H and O–H groups in total. The molecule has 1 aliphatic heterocycles. The maximum Gasteiger partial charge on any atom is 0.191 e. The molecule has 0 saturated carbocycles. The standard InChI is InChI=1S/C23H42N6O.HI/c1-24-23(26-12-15-27(2)13-8-20-30-3)25-11-7-14-28-16-18-29(19-17-28)21-22-9-5-4-6-10-22;/h4-6,9-10H,7-8,11-21H2,1-3H3,(H2,24,25,26);1H. The van der Waals surface area contributed by atoms with Gasteiger partial charge >= 0.3 is 0 Å². The van der Waals surface area contributed by atoms with Crippen molar-refractivity contribution < 1.29 is 4.74 Å². The highest BCUT2D eigenvalue weighted by atomic mass is 127. The molecule has 0 bridgehead atoms. The van der Waals surface area contributed by atoms with Gasteiger partial charge in [0.2, 0.25) is 0 Å². The first kappa shape index (κ1) is 28.1. The maximum atomic E-state index is 5.10. The predicted molar refractivity (Wildman–Crippen MR) is 142 cm³/mol. The lowest BCUT2D eigenvalue weighted by molar-refractivity contribution is 0.126. The molecule has 178 valence electrons. The van der Waals surface area contributed by atoms with Crippen LogP contribution in [0.4, 0.5) is 0 Å². The fourth-order valence-corrected chi connectivity index (χ4v) is 3.70. The third-order valence-electron chi connectivity index (χ3n) is 5.56. The molecule has 0 amide bonds. The highest BCUT2D eigenvalue weighted by Gasteiger charge is 2.16. The Morgan fingerprint density at radius 3 is 2.35 bits per heavy atom. The number of hydrogen-bond donors (Lipinski definition) is 2. The number of nitrogens with one attached hydrogen (secondary N) is 2. The van der Waals surface area contributed by atoms with Crippen molar-refractivity contribution in [2.75, 3.05) is 86.7 Å². The maximum absolute atomic E-state index is 5.10. The molecule has 1 saturated heterocycles. The Morgan fingerprint density at radius 2 is 1.68 bits per heavy atom. The van der Waals surface area contributed by atoms with Crippen LogP contribution in [-0.2, 0) is 11.3 Å². The normalized spacial score (nSPS) is 15.7. The molecular formula is C23H43IN6O. The number of benzene rings is 1. The van der Waals surface area contributed by atoms with Gasteiger partial charge in [-0.2, -0.15) is 0 Å². The molecule has 1 aromatic rings. The first-order chi connectivity index (χ1) is 14.7. The molecule has 0 aromatic heterocycles. The molecule has 0 atom stereocenters. The molecule has 0 spiro atoms. The Morgan fingerprint density at radius 1 is 1.00 bits per heavy atom. The van der Waals surface area contributed by atoms with Gasteiger partial charge in [-0.25, -0.2) is 0 Å². The summed E-state index contributed by atoms with van der Waals surface area (Å²) in [5.74, 6) is 0.896. The zero-order valence-corrected chi connectivity index (χ0v) is 22.0. The molecule has 0 aliphatic carbocycles. The minimum atomic E-state index is 0. The number of likely N-dealkylation sites (N-methyl/N-ethyl adjacent to an activating group) is 1. The van der Waals surface area contributed by atoms with Gasteiger partial charge in [-0.05, 0) is 32.0 Å². The highest BCUT2D eigenvalue weighted by molar-refractivity contribution is 14.0. The van der Waals surface area contributed by atoms with Crippen molar-refractivity contribution in [3.05, 3.63) is 35.9 Å². The van der Waals surface area contributed by atoms with Crippen LogP contribution in [0.2, 0.25) is 0 Å². The van der Waals surface area contributed by atoms with E-state index in [2.05, 4.69) is 67.7 Å². The summed E-state index contributed by atoms with van der Waals surface area (Å²) in [6.07, 6.45) is 2.21. The van der Waals surface area contributed by atoms with Crippen molar-refractivity contribution in [1.29, 1.82) is 0 Å². The van der Waals surface area contributed by atoms with Crippen molar-refractivity contribution in [2.24, 2.45) is 4.99 Å². The average molecular weight is 547 g/mol. The molecule has 0 unspecified atom stereocenters. The minimum Gasteiger partial charge on any atom is -0.385 e. The summed E-state index contributed by atoms with van der Waals surface area (Å²) in [4.78, 5) is 11.8. The van der Waals surface area contributed by atoms with Gasteiger partial charge in [0.25, 0.3) is 0 Å². The number of methoxy groups -OCH3 is 1. The van der Waals surface area contributed by atoms with Gasteiger partial charge in [-0.3, -0.25) is 9.89 Å². The van der Waals surface area contributed by atoms with Crippen LogP contribution in [0.1, 0.15) is 18.4 Å². The Bertz CT molecular complexity index is 581. The van der Waals surface area contributed by atoms with Gasteiger partial charge in [-0.15, -0.1) is 24.0 Å². The summed E-state index contributed by atoms with van der Waals surface area (Å²) in [5.41, 5.74) is 1.41. The topological polar surface area (TPSA) is 55.4 Å². The Labute approximate surface area is 206 Å². The van der Waals surface area contributed by atoms with Crippen LogP contribution in [0, 0.1) is 0 Å². The summed E-state index contributed by atoms with van der Waals surface area (Å²) < 4.78 is 5.10. The predicted octanol–water partition coefficient (Wildman–Crippen LogP) is 1.95. The van der Waals surface area contributed by atoms with Crippen molar-refractivity contribution in [3.63, 3.8) is 0 Å². The molecule has 1 aliphatic rings. The van der Waals surface area contributed by atoms with Crippen LogP contribution >= 0.6 is 24.0 Å². The molecule has 1 aromatic carbocycles. The van der Waals surface area contributed by atoms with Crippen LogP contribution in [0.25, 0.3) is 0 Å². The van der Waals surface area contributed by atoms with Crippen LogP contribution in [-0.4, -0.2) is 107 Å².